The molecule has 3 N–H and O–H groups in total. The van der Waals surface area contributed by atoms with Crippen LogP contribution < -0.4 is 10.5 Å². The molecule has 0 heterocycles. The van der Waals surface area contributed by atoms with Crippen molar-refractivity contribution in [2.45, 2.75) is 6.04 Å². The number of nitrogens with two attached hydrogens (primary N) is 1. The highest BCUT2D eigenvalue weighted by molar-refractivity contribution is 5.88. The number of fused-ring (bicyclic) bond motifs is 1. The van der Waals surface area contributed by atoms with E-state index < -0.39 is 12.0 Å². The van der Waals surface area contributed by atoms with Gasteiger partial charge in [-0.25, -0.2) is 0 Å². The number of carbonyl (C=O) groups is 1. The molecule has 0 fully saturated rings. The van der Waals surface area contributed by atoms with Crippen molar-refractivity contribution < 1.29 is 14.6 Å². The summed E-state index contributed by atoms with van der Waals surface area (Å²) in [5.74, 6) is -0.412. The first kappa shape index (κ1) is 11.4. The third-order valence-electron chi connectivity index (χ3n) is 2.49. The Morgan fingerprint density at radius 2 is 1.94 bits per heavy atom. The van der Waals surface area contributed by atoms with Gasteiger partial charge in [-0.05, 0) is 11.5 Å². The molecule has 2 aromatic rings. The summed E-state index contributed by atoms with van der Waals surface area (Å²) in [5, 5.41) is 10.7. The van der Waals surface area contributed by atoms with E-state index in [4.69, 9.17) is 15.6 Å². The first-order chi connectivity index (χ1) is 8.18. The molecule has 0 aliphatic heterocycles. The van der Waals surface area contributed by atoms with Crippen LogP contribution in [0.4, 0.5) is 0 Å². The van der Waals surface area contributed by atoms with Crippen LogP contribution in [0, 0.1) is 0 Å². The van der Waals surface area contributed by atoms with Crippen LogP contribution in [-0.4, -0.2) is 23.7 Å². The molecule has 1 unspecified atom stereocenters. The zero-order chi connectivity index (χ0) is 12.3. The van der Waals surface area contributed by atoms with E-state index in [0.717, 1.165) is 10.8 Å². The Morgan fingerprint density at radius 3 is 2.71 bits per heavy atom. The number of hydrogen-bond donors (Lipinski definition) is 2. The Balaban J connectivity index is 2.21. The Hall–Kier alpha value is -2.07. The number of carboxylic acids is 1. The van der Waals surface area contributed by atoms with Crippen molar-refractivity contribution in [2.24, 2.45) is 5.73 Å². The summed E-state index contributed by atoms with van der Waals surface area (Å²) in [4.78, 5) is 10.6. The van der Waals surface area contributed by atoms with Gasteiger partial charge in [0.15, 0.2) is 0 Å². The summed E-state index contributed by atoms with van der Waals surface area (Å²) < 4.78 is 5.44. The summed E-state index contributed by atoms with van der Waals surface area (Å²) in [6.45, 7) is -0.0384. The van der Waals surface area contributed by atoms with Gasteiger partial charge in [-0.3, -0.25) is 4.79 Å². The minimum atomic E-state index is -1.06. The second-order valence-corrected chi connectivity index (χ2v) is 3.73. The van der Waals surface area contributed by atoms with Crippen LogP contribution in [0.1, 0.15) is 0 Å². The van der Waals surface area contributed by atoms with Gasteiger partial charge in [0.2, 0.25) is 0 Å². The van der Waals surface area contributed by atoms with Crippen LogP contribution in [-0.2, 0) is 4.79 Å². The van der Waals surface area contributed by atoms with Crippen molar-refractivity contribution in [1.29, 1.82) is 0 Å². The van der Waals surface area contributed by atoms with E-state index in [2.05, 4.69) is 0 Å². The first-order valence-electron chi connectivity index (χ1n) is 5.27. The molecule has 4 heteroatoms. The van der Waals surface area contributed by atoms with Crippen LogP contribution in [0.25, 0.3) is 10.8 Å². The second kappa shape index (κ2) is 4.84. The van der Waals surface area contributed by atoms with E-state index in [9.17, 15) is 4.79 Å². The molecule has 1 atom stereocenters. The van der Waals surface area contributed by atoms with Crippen molar-refractivity contribution in [3.8, 4) is 5.75 Å². The van der Waals surface area contributed by atoms with Gasteiger partial charge >= 0.3 is 5.97 Å². The molecule has 0 amide bonds. The van der Waals surface area contributed by atoms with E-state index in [1.54, 1.807) is 6.07 Å². The van der Waals surface area contributed by atoms with E-state index in [-0.39, 0.29) is 6.61 Å². The second-order valence-electron chi connectivity index (χ2n) is 3.73. The molecule has 88 valence electrons. The third-order valence-corrected chi connectivity index (χ3v) is 2.49. The number of aliphatic carboxylic acids is 1. The van der Waals surface area contributed by atoms with Crippen LogP contribution >= 0.6 is 0 Å². The normalized spacial score (nSPS) is 12.3. The predicted octanol–water partition coefficient (Wildman–Crippen LogP) is 1.63. The Morgan fingerprint density at radius 1 is 1.24 bits per heavy atom. The minimum Gasteiger partial charge on any atom is -0.491 e. The van der Waals surface area contributed by atoms with E-state index in [1.807, 2.05) is 36.4 Å². The summed E-state index contributed by atoms with van der Waals surface area (Å²) in [7, 11) is 0. The fourth-order valence-electron chi connectivity index (χ4n) is 1.57. The SMILES string of the molecule is NC(COc1cccc2ccccc12)C(=O)O. The van der Waals surface area contributed by atoms with Crippen molar-refractivity contribution in [3.05, 3.63) is 42.5 Å². The molecule has 17 heavy (non-hydrogen) atoms. The lowest BCUT2D eigenvalue weighted by molar-refractivity contribution is -0.139. The molecule has 0 spiro atoms. The molecule has 2 aromatic carbocycles. The topological polar surface area (TPSA) is 72.5 Å². The van der Waals surface area contributed by atoms with Gasteiger partial charge in [-0.1, -0.05) is 36.4 Å². The zero-order valence-electron chi connectivity index (χ0n) is 9.17. The third kappa shape index (κ3) is 2.54. The molecular formula is C13H13NO3. The average Bonchev–Trinajstić information content (AvgIpc) is 2.35. The molecule has 4 nitrogen and oxygen atoms in total. The standard InChI is InChI=1S/C13H13NO3/c14-11(13(15)16)8-17-12-7-3-5-9-4-1-2-6-10(9)12/h1-7,11H,8,14H2,(H,15,16). The maximum atomic E-state index is 10.6. The molecule has 0 aliphatic carbocycles. The van der Waals surface area contributed by atoms with Crippen molar-refractivity contribution in [3.63, 3.8) is 0 Å². The highest BCUT2D eigenvalue weighted by atomic mass is 16.5. The van der Waals surface area contributed by atoms with Gasteiger partial charge < -0.3 is 15.6 Å². The van der Waals surface area contributed by atoms with Crippen LogP contribution in [0.15, 0.2) is 42.5 Å². The van der Waals surface area contributed by atoms with Crippen molar-refractivity contribution >= 4 is 16.7 Å². The minimum absolute atomic E-state index is 0.0384. The quantitative estimate of drug-likeness (QED) is 0.838. The zero-order valence-corrected chi connectivity index (χ0v) is 9.17. The van der Waals surface area contributed by atoms with Gasteiger partial charge in [0, 0.05) is 5.39 Å². The number of ether oxygens (including phenoxy) is 1. The van der Waals surface area contributed by atoms with Gasteiger partial charge in [0.1, 0.15) is 18.4 Å². The van der Waals surface area contributed by atoms with Gasteiger partial charge in [0.25, 0.3) is 0 Å². The molecule has 2 rings (SSSR count). The number of benzene rings is 2. The average molecular weight is 231 g/mol. The van der Waals surface area contributed by atoms with Crippen LogP contribution in [0.3, 0.4) is 0 Å². The van der Waals surface area contributed by atoms with E-state index >= 15 is 0 Å². The van der Waals surface area contributed by atoms with Crippen molar-refractivity contribution in [2.75, 3.05) is 6.61 Å². The summed E-state index contributed by atoms with van der Waals surface area (Å²) in [6.07, 6.45) is 0. The fraction of sp³-hybridized carbons (Fsp3) is 0.154. The highest BCUT2D eigenvalue weighted by Gasteiger charge is 2.12. The van der Waals surface area contributed by atoms with Gasteiger partial charge in [-0.15, -0.1) is 0 Å². The maximum Gasteiger partial charge on any atom is 0.324 e. The lowest BCUT2D eigenvalue weighted by Gasteiger charge is -2.11. The smallest absolute Gasteiger partial charge is 0.324 e. The van der Waals surface area contributed by atoms with Gasteiger partial charge in [-0.2, -0.15) is 0 Å². The lowest BCUT2D eigenvalue weighted by Crippen LogP contribution is -2.36. The lowest BCUT2D eigenvalue weighted by atomic mass is 10.1. The number of carboxylic acid groups (broad SMARTS) is 1. The summed E-state index contributed by atoms with van der Waals surface area (Å²) >= 11 is 0. The molecule has 0 saturated carbocycles. The molecular weight excluding hydrogens is 218 g/mol. The van der Waals surface area contributed by atoms with E-state index in [0.29, 0.717) is 5.75 Å². The molecule has 0 bridgehead atoms. The first-order valence-corrected chi connectivity index (χ1v) is 5.27. The van der Waals surface area contributed by atoms with Crippen molar-refractivity contribution in [1.82, 2.24) is 0 Å². The molecule has 0 radical (unpaired) electrons. The summed E-state index contributed by atoms with van der Waals surface area (Å²) in [6, 6.07) is 12.4. The highest BCUT2D eigenvalue weighted by Crippen LogP contribution is 2.24. The number of rotatable bonds is 4. The monoisotopic (exact) mass is 231 g/mol. The molecule has 0 aliphatic rings. The Labute approximate surface area is 98.6 Å². The predicted molar refractivity (Wildman–Crippen MR) is 65.1 cm³/mol. The Bertz CT molecular complexity index is 534. The fourth-order valence-corrected chi connectivity index (χ4v) is 1.57. The largest absolute Gasteiger partial charge is 0.491 e. The maximum absolute atomic E-state index is 10.6. The van der Waals surface area contributed by atoms with Gasteiger partial charge in [0.05, 0.1) is 0 Å². The molecule has 0 saturated heterocycles. The number of hydrogen-bond acceptors (Lipinski definition) is 3. The summed E-state index contributed by atoms with van der Waals surface area (Å²) in [5.41, 5.74) is 5.38. The van der Waals surface area contributed by atoms with Crippen LogP contribution in [0.2, 0.25) is 0 Å². The van der Waals surface area contributed by atoms with Crippen LogP contribution in [0.5, 0.6) is 5.75 Å². The van der Waals surface area contributed by atoms with E-state index in [1.165, 1.54) is 0 Å². The molecule has 0 aromatic heterocycles. The Kier molecular flexibility index (Phi) is 3.25.